The fraction of sp³-hybridized carbons (Fsp3) is 0.174. The molecule has 1 fully saturated rings. The molecule has 0 atom stereocenters. The highest BCUT2D eigenvalue weighted by Gasteiger charge is 2.35. The first-order valence-corrected chi connectivity index (χ1v) is 11.7. The van der Waals surface area contributed by atoms with Crippen molar-refractivity contribution in [1.29, 1.82) is 0 Å². The lowest BCUT2D eigenvalue weighted by atomic mass is 10.00. The zero-order valence-electron chi connectivity index (χ0n) is 17.6. The van der Waals surface area contributed by atoms with E-state index in [0.29, 0.717) is 27.6 Å². The third-order valence-corrected chi connectivity index (χ3v) is 7.77. The van der Waals surface area contributed by atoms with Gasteiger partial charge in [-0.05, 0) is 48.7 Å². The van der Waals surface area contributed by atoms with Gasteiger partial charge in [-0.15, -0.1) is 0 Å². The number of nitrogens with two attached hydrogens (primary N) is 1. The fourth-order valence-electron chi connectivity index (χ4n) is 3.78. The lowest BCUT2D eigenvalue weighted by Gasteiger charge is -2.17. The second-order valence-corrected chi connectivity index (χ2v) is 10.0. The molecule has 1 saturated carbocycles. The molecule has 8 nitrogen and oxygen atoms in total. The minimum Gasteiger partial charge on any atom is -0.383 e. The largest absolute Gasteiger partial charge is 0.383 e. The Morgan fingerprint density at radius 3 is 2.58 bits per heavy atom. The highest BCUT2D eigenvalue weighted by Crippen LogP contribution is 2.34. The van der Waals surface area contributed by atoms with Crippen LogP contribution in [0.4, 0.5) is 10.2 Å². The molecule has 5 rings (SSSR count). The van der Waals surface area contributed by atoms with Crippen LogP contribution in [0.1, 0.15) is 12.8 Å². The van der Waals surface area contributed by atoms with Crippen molar-refractivity contribution in [2.24, 2.45) is 0 Å². The van der Waals surface area contributed by atoms with Crippen LogP contribution in [0.25, 0.3) is 33.2 Å². The van der Waals surface area contributed by atoms with Gasteiger partial charge in [-0.3, -0.25) is 4.79 Å². The van der Waals surface area contributed by atoms with E-state index in [-0.39, 0.29) is 27.9 Å². The van der Waals surface area contributed by atoms with Crippen LogP contribution in [0.15, 0.2) is 64.7 Å². The molecule has 168 valence electrons. The van der Waals surface area contributed by atoms with Crippen molar-refractivity contribution in [2.45, 2.75) is 23.8 Å². The number of H-pyrrole nitrogens is 1. The summed E-state index contributed by atoms with van der Waals surface area (Å²) in [7, 11) is -2.24. The van der Waals surface area contributed by atoms with Gasteiger partial charge in [0, 0.05) is 36.0 Å². The van der Waals surface area contributed by atoms with Crippen molar-refractivity contribution >= 4 is 26.7 Å². The van der Waals surface area contributed by atoms with E-state index < -0.39 is 15.8 Å². The smallest absolute Gasteiger partial charge is 0.258 e. The summed E-state index contributed by atoms with van der Waals surface area (Å²) >= 11 is 0. The van der Waals surface area contributed by atoms with Crippen molar-refractivity contribution in [1.82, 2.24) is 19.3 Å². The van der Waals surface area contributed by atoms with E-state index in [1.807, 2.05) is 0 Å². The first-order chi connectivity index (χ1) is 15.8. The lowest BCUT2D eigenvalue weighted by Crippen LogP contribution is -2.29. The molecule has 4 aromatic rings. The number of aromatic nitrogens is 3. The maximum absolute atomic E-state index is 15.0. The number of halogens is 1. The van der Waals surface area contributed by atoms with E-state index in [2.05, 4.69) is 15.0 Å². The van der Waals surface area contributed by atoms with Crippen molar-refractivity contribution < 1.29 is 12.8 Å². The zero-order chi connectivity index (χ0) is 23.3. The first kappa shape index (κ1) is 21.2. The molecule has 2 heterocycles. The Balaban J connectivity index is 1.55. The van der Waals surface area contributed by atoms with E-state index in [0.717, 1.165) is 18.9 Å². The van der Waals surface area contributed by atoms with Gasteiger partial charge in [0.15, 0.2) is 0 Å². The van der Waals surface area contributed by atoms with Gasteiger partial charge in [0.25, 0.3) is 5.56 Å². The third kappa shape index (κ3) is 3.77. The molecular weight excluding hydrogens is 445 g/mol. The normalized spacial score (nSPS) is 14.2. The lowest BCUT2D eigenvalue weighted by molar-refractivity contribution is 0.463. The van der Waals surface area contributed by atoms with Crippen LogP contribution in [0.3, 0.4) is 0 Å². The SMILES string of the molecule is CN(C1CC1)S(=O)(=O)c1ccc(-c2cnc(N)c(-c3ccc4c(=O)[nH]cnc4c3)c2)c(F)c1. The standard InChI is InChI=1S/C23H20FN5O3S/c1-29(15-3-4-15)33(31,32)16-5-7-17(20(24)10-16)14-8-19(22(25)26-11-14)13-2-6-18-21(9-13)27-12-28-23(18)30/h2,5-12,15H,3-4H2,1H3,(H2,25,26)(H,27,28,30). The zero-order valence-corrected chi connectivity index (χ0v) is 18.4. The number of pyridine rings is 1. The maximum atomic E-state index is 15.0. The number of nitrogen functional groups attached to an aromatic ring is 1. The summed E-state index contributed by atoms with van der Waals surface area (Å²) in [6.07, 6.45) is 4.38. The van der Waals surface area contributed by atoms with Crippen LogP contribution in [0.2, 0.25) is 0 Å². The molecule has 0 saturated heterocycles. The van der Waals surface area contributed by atoms with Gasteiger partial charge in [0.2, 0.25) is 10.0 Å². The van der Waals surface area contributed by atoms with Crippen molar-refractivity contribution in [3.63, 3.8) is 0 Å². The van der Waals surface area contributed by atoms with Gasteiger partial charge in [0.1, 0.15) is 11.6 Å². The Bertz CT molecular complexity index is 1560. The maximum Gasteiger partial charge on any atom is 0.258 e. The predicted octanol–water partition coefficient (Wildman–Crippen LogP) is 3.16. The Morgan fingerprint density at radius 1 is 1.06 bits per heavy atom. The summed E-state index contributed by atoms with van der Waals surface area (Å²) in [6.45, 7) is 0. The van der Waals surface area contributed by atoms with E-state index in [1.165, 1.54) is 36.0 Å². The minimum atomic E-state index is -3.76. The summed E-state index contributed by atoms with van der Waals surface area (Å²) < 4.78 is 41.8. The Kier molecular flexibility index (Phi) is 4.98. The van der Waals surface area contributed by atoms with E-state index in [9.17, 15) is 13.2 Å². The monoisotopic (exact) mass is 465 g/mol. The van der Waals surface area contributed by atoms with Gasteiger partial charge in [-0.2, -0.15) is 4.31 Å². The van der Waals surface area contributed by atoms with Crippen LogP contribution in [-0.2, 0) is 10.0 Å². The number of hydrogen-bond acceptors (Lipinski definition) is 6. The van der Waals surface area contributed by atoms with Crippen LogP contribution >= 0.6 is 0 Å². The summed E-state index contributed by atoms with van der Waals surface area (Å²) in [5, 5.41) is 0.433. The van der Waals surface area contributed by atoms with Crippen LogP contribution in [-0.4, -0.2) is 40.8 Å². The number of aromatic amines is 1. The van der Waals surface area contributed by atoms with Gasteiger partial charge >= 0.3 is 0 Å². The molecule has 0 bridgehead atoms. The van der Waals surface area contributed by atoms with Crippen molar-refractivity contribution in [3.8, 4) is 22.3 Å². The van der Waals surface area contributed by atoms with Gasteiger partial charge in [-0.25, -0.2) is 22.8 Å². The number of fused-ring (bicyclic) bond motifs is 1. The van der Waals surface area contributed by atoms with Gasteiger partial charge in [-0.1, -0.05) is 12.1 Å². The topological polar surface area (TPSA) is 122 Å². The predicted molar refractivity (Wildman–Crippen MR) is 123 cm³/mol. The molecule has 3 N–H and O–H groups in total. The summed E-state index contributed by atoms with van der Waals surface area (Å²) in [6, 6.07) is 10.6. The molecule has 1 aliphatic rings. The van der Waals surface area contributed by atoms with E-state index >= 15 is 4.39 Å². The number of sulfonamides is 1. The average Bonchev–Trinajstić information content (AvgIpc) is 3.64. The van der Waals surface area contributed by atoms with Crippen LogP contribution in [0.5, 0.6) is 0 Å². The molecular formula is C23H20FN5O3S. The number of rotatable bonds is 5. The molecule has 0 unspecified atom stereocenters. The highest BCUT2D eigenvalue weighted by molar-refractivity contribution is 7.89. The van der Waals surface area contributed by atoms with Crippen LogP contribution in [0, 0.1) is 5.82 Å². The second kappa shape index (κ2) is 7.75. The molecule has 10 heteroatoms. The molecule has 2 aromatic carbocycles. The Hall–Kier alpha value is -3.63. The first-order valence-electron chi connectivity index (χ1n) is 10.3. The molecule has 0 spiro atoms. The molecule has 0 aliphatic heterocycles. The third-order valence-electron chi connectivity index (χ3n) is 5.86. The summed E-state index contributed by atoms with van der Waals surface area (Å²) in [5.41, 5.74) is 8.16. The molecule has 0 amide bonds. The molecule has 0 radical (unpaired) electrons. The van der Waals surface area contributed by atoms with Crippen molar-refractivity contribution in [3.05, 3.63) is 71.2 Å². The summed E-state index contributed by atoms with van der Waals surface area (Å²) in [5.74, 6) is -0.446. The average molecular weight is 466 g/mol. The number of anilines is 1. The molecule has 1 aliphatic carbocycles. The molecule has 33 heavy (non-hydrogen) atoms. The molecule has 2 aromatic heterocycles. The van der Waals surface area contributed by atoms with E-state index in [1.54, 1.807) is 24.3 Å². The summed E-state index contributed by atoms with van der Waals surface area (Å²) in [4.78, 5) is 22.7. The Labute approximate surface area is 189 Å². The van der Waals surface area contributed by atoms with Gasteiger partial charge < -0.3 is 10.7 Å². The second-order valence-electron chi connectivity index (χ2n) is 8.01. The fourth-order valence-corrected chi connectivity index (χ4v) is 5.21. The number of benzene rings is 2. The minimum absolute atomic E-state index is 0.0198. The highest BCUT2D eigenvalue weighted by atomic mass is 32.2. The van der Waals surface area contributed by atoms with E-state index in [4.69, 9.17) is 5.73 Å². The Morgan fingerprint density at radius 2 is 1.85 bits per heavy atom. The number of hydrogen-bond donors (Lipinski definition) is 2. The van der Waals surface area contributed by atoms with Gasteiger partial charge in [0.05, 0.1) is 22.1 Å². The van der Waals surface area contributed by atoms with Crippen LogP contribution < -0.4 is 11.3 Å². The number of nitrogens with one attached hydrogen (secondary N) is 1. The number of nitrogens with zero attached hydrogens (tertiary/aromatic N) is 3. The van der Waals surface area contributed by atoms with Crippen molar-refractivity contribution in [2.75, 3.05) is 12.8 Å². The quantitative estimate of drug-likeness (QED) is 0.467.